The van der Waals surface area contributed by atoms with Crippen LogP contribution in [-0.2, 0) is 4.79 Å². The Kier molecular flexibility index (Phi) is 3.72. The van der Waals surface area contributed by atoms with Crippen LogP contribution in [0.1, 0.15) is 24.8 Å². The van der Waals surface area contributed by atoms with E-state index in [0.29, 0.717) is 5.92 Å². The molecule has 1 aliphatic heterocycles. The van der Waals surface area contributed by atoms with Crippen molar-refractivity contribution in [2.24, 2.45) is 5.92 Å². The molecule has 3 rings (SSSR count). The van der Waals surface area contributed by atoms with Gasteiger partial charge < -0.3 is 10.6 Å². The van der Waals surface area contributed by atoms with Crippen LogP contribution in [0.25, 0.3) is 10.2 Å². The maximum Gasteiger partial charge on any atom is 0.241 e. The lowest BCUT2D eigenvalue weighted by Gasteiger charge is -2.27. The van der Waals surface area contributed by atoms with Gasteiger partial charge in [-0.3, -0.25) is 4.79 Å². The number of thiazole rings is 1. The van der Waals surface area contributed by atoms with Crippen molar-refractivity contribution >= 4 is 33.1 Å². The number of anilines is 1. The van der Waals surface area contributed by atoms with E-state index in [-0.39, 0.29) is 11.9 Å². The molecule has 1 aromatic heterocycles. The molecule has 1 aromatic carbocycles. The molecule has 1 saturated heterocycles. The van der Waals surface area contributed by atoms with Gasteiger partial charge in [-0.05, 0) is 50.4 Å². The monoisotopic (exact) mass is 289 g/mol. The van der Waals surface area contributed by atoms with Gasteiger partial charge in [-0.2, -0.15) is 0 Å². The Balaban J connectivity index is 1.73. The summed E-state index contributed by atoms with van der Waals surface area (Å²) in [6.07, 6.45) is 2.06. The van der Waals surface area contributed by atoms with Crippen LogP contribution in [0.2, 0.25) is 0 Å². The van der Waals surface area contributed by atoms with Crippen molar-refractivity contribution in [2.75, 3.05) is 11.9 Å². The zero-order valence-corrected chi connectivity index (χ0v) is 12.6. The quantitative estimate of drug-likeness (QED) is 0.893. The summed E-state index contributed by atoms with van der Waals surface area (Å²) in [7, 11) is 0. The van der Waals surface area contributed by atoms with Crippen molar-refractivity contribution in [3.8, 4) is 0 Å². The first-order chi connectivity index (χ1) is 9.61. The van der Waals surface area contributed by atoms with E-state index in [9.17, 15) is 4.79 Å². The van der Waals surface area contributed by atoms with Crippen LogP contribution in [0.4, 0.5) is 5.69 Å². The van der Waals surface area contributed by atoms with Gasteiger partial charge in [0.25, 0.3) is 0 Å². The third-order valence-electron chi connectivity index (χ3n) is 3.75. The summed E-state index contributed by atoms with van der Waals surface area (Å²) in [6, 6.07) is 5.82. The summed E-state index contributed by atoms with van der Waals surface area (Å²) in [5.74, 6) is 0.677. The molecular formula is C15H19N3OS. The molecule has 0 saturated carbocycles. The van der Waals surface area contributed by atoms with Crippen molar-refractivity contribution in [1.82, 2.24) is 10.3 Å². The maximum absolute atomic E-state index is 12.3. The van der Waals surface area contributed by atoms with E-state index < -0.39 is 0 Å². The van der Waals surface area contributed by atoms with Crippen molar-refractivity contribution in [1.29, 1.82) is 0 Å². The number of carbonyl (C=O) groups is 1. The Bertz CT molecular complexity index is 637. The lowest BCUT2D eigenvalue weighted by Crippen LogP contribution is -2.45. The van der Waals surface area contributed by atoms with Crippen LogP contribution in [0, 0.1) is 12.8 Å². The lowest BCUT2D eigenvalue weighted by atomic mass is 9.94. The largest absolute Gasteiger partial charge is 0.325 e. The minimum Gasteiger partial charge on any atom is -0.325 e. The molecule has 0 spiro atoms. The Labute approximate surface area is 122 Å². The molecule has 2 atom stereocenters. The standard InChI is InChI=1S/C15H19N3OS/c1-9-5-6-16-13(7-9)15(19)18-11-3-4-12-14(8-11)20-10(2)17-12/h3-4,8-9,13,16H,5-7H2,1-2H3,(H,18,19). The number of carbonyl (C=O) groups excluding carboxylic acids is 1. The molecule has 20 heavy (non-hydrogen) atoms. The number of amides is 1. The number of aromatic nitrogens is 1. The zero-order valence-electron chi connectivity index (χ0n) is 11.8. The third-order valence-corrected chi connectivity index (χ3v) is 4.68. The summed E-state index contributed by atoms with van der Waals surface area (Å²) in [6.45, 7) is 5.12. The van der Waals surface area contributed by atoms with Crippen molar-refractivity contribution in [3.05, 3.63) is 23.2 Å². The molecule has 2 unspecified atom stereocenters. The Morgan fingerprint density at radius 3 is 3.15 bits per heavy atom. The molecule has 106 valence electrons. The summed E-state index contributed by atoms with van der Waals surface area (Å²) in [5.41, 5.74) is 1.85. The van der Waals surface area contributed by atoms with E-state index in [1.54, 1.807) is 11.3 Å². The molecular weight excluding hydrogens is 270 g/mol. The predicted octanol–water partition coefficient (Wildman–Crippen LogP) is 2.93. The van der Waals surface area contributed by atoms with E-state index in [0.717, 1.165) is 40.3 Å². The molecule has 2 aromatic rings. The first-order valence-electron chi connectivity index (χ1n) is 7.03. The SMILES string of the molecule is Cc1nc2ccc(NC(=O)C3CC(C)CCN3)cc2s1. The highest BCUT2D eigenvalue weighted by Gasteiger charge is 2.24. The van der Waals surface area contributed by atoms with Crippen LogP contribution in [0.5, 0.6) is 0 Å². The lowest BCUT2D eigenvalue weighted by molar-refractivity contribution is -0.119. The van der Waals surface area contributed by atoms with Gasteiger partial charge in [0.2, 0.25) is 5.91 Å². The molecule has 2 N–H and O–H groups in total. The molecule has 0 bridgehead atoms. The summed E-state index contributed by atoms with van der Waals surface area (Å²) in [4.78, 5) is 16.7. The summed E-state index contributed by atoms with van der Waals surface area (Å²) < 4.78 is 1.12. The number of hydrogen-bond acceptors (Lipinski definition) is 4. The Morgan fingerprint density at radius 1 is 1.50 bits per heavy atom. The minimum atomic E-state index is -0.0716. The number of piperidine rings is 1. The van der Waals surface area contributed by atoms with Crippen LogP contribution in [0.3, 0.4) is 0 Å². The van der Waals surface area contributed by atoms with Crippen LogP contribution in [-0.4, -0.2) is 23.5 Å². The fraction of sp³-hybridized carbons (Fsp3) is 0.467. The maximum atomic E-state index is 12.3. The number of hydrogen-bond donors (Lipinski definition) is 2. The molecule has 5 heteroatoms. The molecule has 1 amide bonds. The Morgan fingerprint density at radius 2 is 2.35 bits per heavy atom. The summed E-state index contributed by atoms with van der Waals surface area (Å²) in [5, 5.41) is 7.35. The number of aryl methyl sites for hydroxylation is 1. The molecule has 1 aliphatic rings. The average Bonchev–Trinajstić information content (AvgIpc) is 2.78. The first-order valence-corrected chi connectivity index (χ1v) is 7.85. The molecule has 0 aliphatic carbocycles. The van der Waals surface area contributed by atoms with E-state index in [1.807, 2.05) is 25.1 Å². The number of benzene rings is 1. The third kappa shape index (κ3) is 2.83. The van der Waals surface area contributed by atoms with Crippen LogP contribution >= 0.6 is 11.3 Å². The van der Waals surface area contributed by atoms with E-state index in [1.165, 1.54) is 0 Å². The predicted molar refractivity (Wildman–Crippen MR) is 83.2 cm³/mol. The fourth-order valence-electron chi connectivity index (χ4n) is 2.65. The van der Waals surface area contributed by atoms with E-state index >= 15 is 0 Å². The smallest absolute Gasteiger partial charge is 0.241 e. The van der Waals surface area contributed by atoms with Crippen LogP contribution < -0.4 is 10.6 Å². The number of fused-ring (bicyclic) bond motifs is 1. The number of nitrogens with zero attached hydrogens (tertiary/aromatic N) is 1. The van der Waals surface area contributed by atoms with Gasteiger partial charge in [0.05, 0.1) is 21.3 Å². The molecule has 4 nitrogen and oxygen atoms in total. The normalized spacial score (nSPS) is 22.9. The van der Waals surface area contributed by atoms with Crippen molar-refractivity contribution in [2.45, 2.75) is 32.7 Å². The second kappa shape index (κ2) is 5.50. The van der Waals surface area contributed by atoms with Crippen molar-refractivity contribution in [3.63, 3.8) is 0 Å². The van der Waals surface area contributed by atoms with E-state index in [4.69, 9.17) is 0 Å². The van der Waals surface area contributed by atoms with Crippen LogP contribution in [0.15, 0.2) is 18.2 Å². The van der Waals surface area contributed by atoms with Gasteiger partial charge in [-0.15, -0.1) is 11.3 Å². The topological polar surface area (TPSA) is 54.0 Å². The summed E-state index contributed by atoms with van der Waals surface area (Å²) >= 11 is 1.65. The average molecular weight is 289 g/mol. The number of rotatable bonds is 2. The highest BCUT2D eigenvalue weighted by Crippen LogP contribution is 2.25. The van der Waals surface area contributed by atoms with E-state index in [2.05, 4.69) is 22.5 Å². The molecule has 0 radical (unpaired) electrons. The van der Waals surface area contributed by atoms with Gasteiger partial charge in [-0.25, -0.2) is 4.98 Å². The zero-order chi connectivity index (χ0) is 14.1. The highest BCUT2D eigenvalue weighted by molar-refractivity contribution is 7.18. The van der Waals surface area contributed by atoms with Gasteiger partial charge in [0.15, 0.2) is 0 Å². The Hall–Kier alpha value is -1.46. The van der Waals surface area contributed by atoms with Gasteiger partial charge in [0.1, 0.15) is 0 Å². The van der Waals surface area contributed by atoms with Gasteiger partial charge >= 0.3 is 0 Å². The first kappa shape index (κ1) is 13.5. The minimum absolute atomic E-state index is 0.0668. The second-order valence-electron chi connectivity index (χ2n) is 5.54. The highest BCUT2D eigenvalue weighted by atomic mass is 32.1. The molecule has 1 fully saturated rings. The van der Waals surface area contributed by atoms with Crippen molar-refractivity contribution < 1.29 is 4.79 Å². The number of nitrogens with one attached hydrogen (secondary N) is 2. The fourth-order valence-corrected chi connectivity index (χ4v) is 3.52. The second-order valence-corrected chi connectivity index (χ2v) is 6.78. The van der Waals surface area contributed by atoms with Gasteiger partial charge in [-0.1, -0.05) is 6.92 Å². The molecule has 2 heterocycles. The van der Waals surface area contributed by atoms with Gasteiger partial charge in [0, 0.05) is 5.69 Å².